The van der Waals surface area contributed by atoms with Gasteiger partial charge in [0.25, 0.3) is 0 Å². The minimum atomic E-state index is -3.71. The maximum Gasteiger partial charge on any atom is 0.185 e. The summed E-state index contributed by atoms with van der Waals surface area (Å²) in [5.41, 5.74) is 0.487. The third-order valence-electron chi connectivity index (χ3n) is 5.71. The molecule has 140 valence electrons. The number of carbonyl (C=O) groups is 1. The second-order valence-electron chi connectivity index (χ2n) is 7.15. The minimum absolute atomic E-state index is 0.110. The van der Waals surface area contributed by atoms with Gasteiger partial charge < -0.3 is 0 Å². The van der Waals surface area contributed by atoms with Crippen molar-refractivity contribution >= 4 is 26.4 Å². The first-order valence-corrected chi connectivity index (χ1v) is 11.6. The topological polar surface area (TPSA) is 68.3 Å². The molecule has 0 aromatic heterocycles. The zero-order valence-corrected chi connectivity index (χ0v) is 16.3. The van der Waals surface area contributed by atoms with E-state index in [1.165, 1.54) is 0 Å². The van der Waals surface area contributed by atoms with Gasteiger partial charge in [-0.15, -0.1) is 0 Å². The van der Waals surface area contributed by atoms with Gasteiger partial charge in [0, 0.05) is 17.2 Å². The molecule has 0 saturated heterocycles. The Bertz CT molecular complexity index is 1030. The highest BCUT2D eigenvalue weighted by Crippen LogP contribution is 2.55. The molecule has 4 atom stereocenters. The Kier molecular flexibility index (Phi) is 4.43. The molecule has 6 heteroatoms. The molecule has 0 amide bonds. The third kappa shape index (κ3) is 2.65. The molecule has 2 aliphatic rings. The first kappa shape index (κ1) is 18.3. The minimum Gasteiger partial charge on any atom is -0.298 e. The van der Waals surface area contributed by atoms with E-state index in [9.17, 15) is 17.4 Å². The Morgan fingerprint density at radius 2 is 1.59 bits per heavy atom. The quantitative estimate of drug-likeness (QED) is 0.739. The fourth-order valence-corrected chi connectivity index (χ4v) is 8.76. The van der Waals surface area contributed by atoms with E-state index in [4.69, 9.17) is 0 Å². The molecule has 4 nitrogen and oxygen atoms in total. The predicted octanol–water partition coefficient (Wildman–Crippen LogP) is 3.31. The number of fused-ring (bicyclic) bond motifs is 1. The maximum absolute atomic E-state index is 13.5. The van der Waals surface area contributed by atoms with Crippen molar-refractivity contribution in [1.29, 1.82) is 0 Å². The van der Waals surface area contributed by atoms with Gasteiger partial charge in [-0.05, 0) is 37.1 Å². The van der Waals surface area contributed by atoms with Crippen molar-refractivity contribution < 1.29 is 17.4 Å². The number of benzene rings is 2. The Morgan fingerprint density at radius 1 is 1.00 bits per heavy atom. The van der Waals surface area contributed by atoms with Gasteiger partial charge in [0.1, 0.15) is 4.75 Å². The Morgan fingerprint density at radius 3 is 2.22 bits per heavy atom. The van der Waals surface area contributed by atoms with Crippen LogP contribution in [-0.4, -0.2) is 28.4 Å². The molecule has 0 aliphatic heterocycles. The fraction of sp³-hybridized carbons (Fsp3) is 0.286. The molecule has 0 N–H and O–H groups in total. The zero-order chi connectivity index (χ0) is 19.2. The van der Waals surface area contributed by atoms with Crippen LogP contribution in [0, 0.1) is 5.92 Å². The van der Waals surface area contributed by atoms with E-state index < -0.39 is 36.6 Å². The average molecular weight is 401 g/mol. The molecule has 2 aromatic rings. The van der Waals surface area contributed by atoms with Gasteiger partial charge in [-0.25, -0.2) is 8.42 Å². The van der Waals surface area contributed by atoms with Gasteiger partial charge in [-0.3, -0.25) is 9.00 Å². The van der Waals surface area contributed by atoms with Gasteiger partial charge in [0.2, 0.25) is 0 Å². The summed E-state index contributed by atoms with van der Waals surface area (Å²) >= 11 is 0. The lowest BCUT2D eigenvalue weighted by Crippen LogP contribution is -2.44. The van der Waals surface area contributed by atoms with E-state index >= 15 is 0 Å². The molecule has 0 bridgehead atoms. The van der Waals surface area contributed by atoms with Crippen LogP contribution in [-0.2, 0) is 25.4 Å². The van der Waals surface area contributed by atoms with Crippen LogP contribution in [0.5, 0.6) is 0 Å². The van der Waals surface area contributed by atoms with Gasteiger partial charge in [-0.2, -0.15) is 0 Å². The summed E-state index contributed by atoms with van der Waals surface area (Å²) < 4.78 is 38.9. The molecule has 1 unspecified atom stereocenters. The van der Waals surface area contributed by atoms with Crippen molar-refractivity contribution in [2.24, 2.45) is 5.92 Å². The van der Waals surface area contributed by atoms with Gasteiger partial charge >= 0.3 is 0 Å². The molecule has 0 radical (unpaired) electrons. The van der Waals surface area contributed by atoms with Crippen LogP contribution in [0.2, 0.25) is 0 Å². The van der Waals surface area contributed by atoms with Crippen LogP contribution in [0.3, 0.4) is 0 Å². The highest BCUT2D eigenvalue weighted by molar-refractivity contribution is 7.92. The molecular formula is C21H20O4S2. The molecule has 4 rings (SSSR count). The third-order valence-corrected chi connectivity index (χ3v) is 10.0. The standard InChI is InChI=1S/C21H20O4S2/c1-15-14-21(26(23)16-8-4-2-5-9-16)18(12-13-19(21)22)20(15)27(24,25)17-10-6-3-7-11-17/h2-11,18,20H,1,12-14H2/t18-,20+,21-,26?/m0/s1. The van der Waals surface area contributed by atoms with Crippen molar-refractivity contribution in [2.45, 2.75) is 39.1 Å². The summed E-state index contributed by atoms with van der Waals surface area (Å²) in [5, 5.41) is -0.876. The zero-order valence-electron chi connectivity index (χ0n) is 14.7. The van der Waals surface area contributed by atoms with Crippen molar-refractivity contribution in [3.63, 3.8) is 0 Å². The van der Waals surface area contributed by atoms with E-state index in [1.54, 1.807) is 54.6 Å². The second kappa shape index (κ2) is 6.53. The monoisotopic (exact) mass is 400 g/mol. The summed E-state index contributed by atoms with van der Waals surface area (Å²) in [6, 6.07) is 17.1. The number of hydrogen-bond donors (Lipinski definition) is 0. The van der Waals surface area contributed by atoms with E-state index in [1.807, 2.05) is 6.07 Å². The first-order chi connectivity index (χ1) is 12.9. The van der Waals surface area contributed by atoms with E-state index in [0.29, 0.717) is 16.9 Å². The van der Waals surface area contributed by atoms with Crippen LogP contribution < -0.4 is 0 Å². The van der Waals surface area contributed by atoms with E-state index in [2.05, 4.69) is 6.58 Å². The summed E-state index contributed by atoms with van der Waals surface area (Å²) in [4.78, 5) is 13.7. The molecule has 2 fully saturated rings. The summed E-state index contributed by atoms with van der Waals surface area (Å²) in [7, 11) is -5.33. The molecule has 2 aromatic carbocycles. The smallest absolute Gasteiger partial charge is 0.185 e. The number of rotatable bonds is 4. The number of hydrogen-bond acceptors (Lipinski definition) is 4. The molecule has 2 saturated carbocycles. The van der Waals surface area contributed by atoms with Crippen molar-refractivity contribution in [3.8, 4) is 0 Å². The van der Waals surface area contributed by atoms with Crippen LogP contribution in [0.15, 0.2) is 82.6 Å². The Labute approximate surface area is 161 Å². The van der Waals surface area contributed by atoms with Gasteiger partial charge in [-0.1, -0.05) is 48.6 Å². The maximum atomic E-state index is 13.5. The number of carbonyl (C=O) groups excluding carboxylic acids is 1. The lowest BCUT2D eigenvalue weighted by atomic mass is 9.98. The first-order valence-electron chi connectivity index (χ1n) is 8.86. The van der Waals surface area contributed by atoms with Crippen LogP contribution in [0.4, 0.5) is 0 Å². The van der Waals surface area contributed by atoms with Gasteiger partial charge in [0.15, 0.2) is 15.6 Å². The molecule has 0 heterocycles. The Hall–Kier alpha value is -2.05. The highest BCUT2D eigenvalue weighted by Gasteiger charge is 2.64. The molecule has 0 spiro atoms. The van der Waals surface area contributed by atoms with Crippen LogP contribution >= 0.6 is 0 Å². The van der Waals surface area contributed by atoms with Crippen LogP contribution in [0.1, 0.15) is 19.3 Å². The normalized spacial score (nSPS) is 28.9. The van der Waals surface area contributed by atoms with Crippen molar-refractivity contribution in [3.05, 3.63) is 72.8 Å². The van der Waals surface area contributed by atoms with Crippen molar-refractivity contribution in [1.82, 2.24) is 0 Å². The molecule has 2 aliphatic carbocycles. The van der Waals surface area contributed by atoms with E-state index in [0.717, 1.165) is 0 Å². The lowest BCUT2D eigenvalue weighted by molar-refractivity contribution is -0.119. The molecular weight excluding hydrogens is 380 g/mol. The number of Topliss-reactive ketones (excluding diaryl/α,β-unsaturated/α-hetero) is 1. The van der Waals surface area contributed by atoms with Crippen molar-refractivity contribution in [2.75, 3.05) is 0 Å². The van der Waals surface area contributed by atoms with E-state index in [-0.39, 0.29) is 23.5 Å². The second-order valence-corrected chi connectivity index (χ2v) is 11.0. The number of sulfone groups is 1. The highest BCUT2D eigenvalue weighted by atomic mass is 32.2. The summed E-state index contributed by atoms with van der Waals surface area (Å²) in [5.74, 6) is -0.620. The number of ketones is 1. The average Bonchev–Trinajstić information content (AvgIpc) is 3.16. The van der Waals surface area contributed by atoms with Gasteiger partial charge in [0.05, 0.1) is 20.9 Å². The summed E-state index contributed by atoms with van der Waals surface area (Å²) in [6.07, 6.45) is 0.846. The SMILES string of the molecule is C=C1C[C@@]2(S(=O)c3ccccc3)C(=O)CC[C@H]2[C@@H]1S(=O)(=O)c1ccccc1. The predicted molar refractivity (Wildman–Crippen MR) is 104 cm³/mol. The lowest BCUT2D eigenvalue weighted by Gasteiger charge is -2.28. The fourth-order valence-electron chi connectivity index (χ4n) is 4.54. The van der Waals surface area contributed by atoms with Crippen LogP contribution in [0.25, 0.3) is 0 Å². The largest absolute Gasteiger partial charge is 0.298 e. The summed E-state index contributed by atoms with van der Waals surface area (Å²) in [6.45, 7) is 4.00. The Balaban J connectivity index is 1.82. The molecule has 27 heavy (non-hydrogen) atoms.